The maximum absolute atomic E-state index is 11.6. The molecule has 0 heterocycles. The van der Waals surface area contributed by atoms with Crippen LogP contribution in [0.3, 0.4) is 0 Å². The Hall–Kier alpha value is -1.63. The van der Waals surface area contributed by atoms with Crippen LogP contribution < -0.4 is 11.1 Å². The molecule has 2 amide bonds. The molecule has 17 heavy (non-hydrogen) atoms. The average Bonchev–Trinajstić information content (AvgIpc) is 2.77. The first-order valence-electron chi connectivity index (χ1n) is 5.17. The van der Waals surface area contributed by atoms with Gasteiger partial charge in [0.05, 0.1) is 18.4 Å². The smallest absolute Gasteiger partial charge is 0.307 e. The maximum atomic E-state index is 11.6. The summed E-state index contributed by atoms with van der Waals surface area (Å²) in [5.74, 6) is -3.81. The van der Waals surface area contributed by atoms with E-state index in [4.69, 9.17) is 15.9 Å². The molecule has 0 aromatic rings. The molecule has 1 fully saturated rings. The largest absolute Gasteiger partial charge is 0.481 e. The molecule has 0 radical (unpaired) electrons. The Morgan fingerprint density at radius 3 is 2.24 bits per heavy atom. The molecule has 0 bridgehead atoms. The maximum Gasteiger partial charge on any atom is 0.307 e. The van der Waals surface area contributed by atoms with Crippen molar-refractivity contribution < 1.29 is 24.6 Å². The molecular weight excluding hydrogens is 228 g/mol. The standard InChI is InChI=1S/C10H16N2O5/c1-10(2)5(6(10)9(16)17)8(15)12-3-4(13)7(11)14/h4-6,13H,3H2,1-2H3,(H2,11,14)(H,12,15)(H,16,17)/t4?,5-,6+/m1/s1. The minimum Gasteiger partial charge on any atom is -0.481 e. The SMILES string of the molecule is CC1(C)[C@H](C(=O)O)[C@@H]1C(=O)NCC(O)C(N)=O. The second-order valence-corrected chi connectivity index (χ2v) is 4.78. The number of nitrogens with two attached hydrogens (primary N) is 1. The number of hydrogen-bond donors (Lipinski definition) is 4. The van der Waals surface area contributed by atoms with Crippen LogP contribution in [0.5, 0.6) is 0 Å². The highest BCUT2D eigenvalue weighted by Crippen LogP contribution is 2.58. The van der Waals surface area contributed by atoms with E-state index in [0.717, 1.165) is 0 Å². The van der Waals surface area contributed by atoms with Crippen molar-refractivity contribution in [2.45, 2.75) is 20.0 Å². The van der Waals surface area contributed by atoms with Crippen LogP contribution in [-0.4, -0.2) is 40.6 Å². The van der Waals surface area contributed by atoms with Crippen LogP contribution in [0.1, 0.15) is 13.8 Å². The van der Waals surface area contributed by atoms with Gasteiger partial charge in [-0.1, -0.05) is 13.8 Å². The number of aliphatic hydroxyl groups excluding tert-OH is 1. The molecule has 1 unspecified atom stereocenters. The number of primary amides is 1. The van der Waals surface area contributed by atoms with Crippen LogP contribution >= 0.6 is 0 Å². The van der Waals surface area contributed by atoms with Crippen molar-refractivity contribution in [2.24, 2.45) is 23.0 Å². The number of carboxylic acid groups (broad SMARTS) is 1. The lowest BCUT2D eigenvalue weighted by Gasteiger charge is -2.08. The van der Waals surface area contributed by atoms with Gasteiger partial charge in [0, 0.05) is 0 Å². The number of carboxylic acids is 1. The summed E-state index contributed by atoms with van der Waals surface area (Å²) in [4.78, 5) is 33.0. The molecule has 0 aliphatic heterocycles. The Morgan fingerprint density at radius 2 is 1.88 bits per heavy atom. The molecule has 7 heteroatoms. The third-order valence-electron chi connectivity index (χ3n) is 3.17. The van der Waals surface area contributed by atoms with Crippen LogP contribution in [0.15, 0.2) is 0 Å². The van der Waals surface area contributed by atoms with Crippen LogP contribution in [0.2, 0.25) is 0 Å². The van der Waals surface area contributed by atoms with E-state index in [2.05, 4.69) is 5.32 Å². The first kappa shape index (κ1) is 13.4. The zero-order valence-electron chi connectivity index (χ0n) is 9.64. The first-order valence-corrected chi connectivity index (χ1v) is 5.17. The van der Waals surface area contributed by atoms with E-state index in [1.165, 1.54) is 0 Å². The van der Waals surface area contributed by atoms with Crippen LogP contribution in [0, 0.1) is 17.3 Å². The summed E-state index contributed by atoms with van der Waals surface area (Å²) in [5.41, 5.74) is 4.20. The van der Waals surface area contributed by atoms with E-state index >= 15 is 0 Å². The highest BCUT2D eigenvalue weighted by atomic mass is 16.4. The molecule has 0 spiro atoms. The van der Waals surface area contributed by atoms with Crippen molar-refractivity contribution >= 4 is 17.8 Å². The minimum atomic E-state index is -1.45. The molecule has 3 atom stereocenters. The van der Waals surface area contributed by atoms with E-state index in [9.17, 15) is 14.4 Å². The fourth-order valence-electron chi connectivity index (χ4n) is 2.00. The van der Waals surface area contributed by atoms with Crippen LogP contribution in [-0.2, 0) is 14.4 Å². The van der Waals surface area contributed by atoms with Gasteiger partial charge < -0.3 is 21.3 Å². The summed E-state index contributed by atoms with van der Waals surface area (Å²) in [5, 5.41) is 20.3. The predicted molar refractivity (Wildman–Crippen MR) is 56.6 cm³/mol. The Morgan fingerprint density at radius 1 is 1.35 bits per heavy atom. The van der Waals surface area contributed by atoms with Crippen molar-refractivity contribution in [2.75, 3.05) is 6.54 Å². The first-order chi connectivity index (χ1) is 7.69. The van der Waals surface area contributed by atoms with E-state index in [1.807, 2.05) is 0 Å². The van der Waals surface area contributed by atoms with Gasteiger partial charge in [0.1, 0.15) is 6.10 Å². The zero-order chi connectivity index (χ0) is 13.4. The number of carbonyl (C=O) groups is 3. The number of aliphatic hydroxyl groups is 1. The molecule has 0 aromatic carbocycles. The summed E-state index contributed by atoms with van der Waals surface area (Å²) in [7, 11) is 0. The van der Waals surface area contributed by atoms with E-state index in [-0.39, 0.29) is 6.54 Å². The Labute approximate surface area is 98.0 Å². The number of nitrogens with one attached hydrogen (secondary N) is 1. The molecule has 5 N–H and O–H groups in total. The number of carbonyl (C=O) groups excluding carboxylic acids is 2. The van der Waals surface area contributed by atoms with Crippen LogP contribution in [0.25, 0.3) is 0 Å². The van der Waals surface area contributed by atoms with Gasteiger partial charge in [-0.05, 0) is 5.41 Å². The number of amides is 2. The summed E-state index contributed by atoms with van der Waals surface area (Å²) in [6.07, 6.45) is -1.45. The summed E-state index contributed by atoms with van der Waals surface area (Å²) in [6.45, 7) is 3.06. The van der Waals surface area contributed by atoms with Gasteiger partial charge in [-0.25, -0.2) is 0 Å². The average molecular weight is 244 g/mol. The van der Waals surface area contributed by atoms with Gasteiger partial charge in [0.25, 0.3) is 0 Å². The minimum absolute atomic E-state index is 0.299. The Bertz CT molecular complexity index is 366. The summed E-state index contributed by atoms with van der Waals surface area (Å²) in [6, 6.07) is 0. The topological polar surface area (TPSA) is 130 Å². The van der Waals surface area contributed by atoms with Crippen LogP contribution in [0.4, 0.5) is 0 Å². The molecule has 0 aromatic heterocycles. The quantitative estimate of drug-likeness (QED) is 0.458. The lowest BCUT2D eigenvalue weighted by molar-refractivity contribution is -0.140. The number of aliphatic carboxylic acids is 1. The third kappa shape index (κ3) is 2.55. The Balaban J connectivity index is 2.51. The highest BCUT2D eigenvalue weighted by Gasteiger charge is 2.65. The molecule has 1 aliphatic rings. The number of hydrogen-bond acceptors (Lipinski definition) is 4. The second kappa shape index (κ2) is 4.33. The Kier molecular flexibility index (Phi) is 3.42. The summed E-state index contributed by atoms with van der Waals surface area (Å²) < 4.78 is 0. The fourth-order valence-corrected chi connectivity index (χ4v) is 2.00. The molecule has 7 nitrogen and oxygen atoms in total. The van der Waals surface area contributed by atoms with E-state index in [1.54, 1.807) is 13.8 Å². The monoisotopic (exact) mass is 244 g/mol. The van der Waals surface area contributed by atoms with Gasteiger partial charge in [-0.15, -0.1) is 0 Å². The molecule has 0 saturated heterocycles. The zero-order valence-corrected chi connectivity index (χ0v) is 9.64. The lowest BCUT2D eigenvalue weighted by atomic mass is 10.1. The molecule has 1 rings (SSSR count). The normalized spacial score (nSPS) is 27.0. The van der Waals surface area contributed by atoms with E-state index in [0.29, 0.717) is 0 Å². The van der Waals surface area contributed by atoms with E-state index < -0.39 is 41.1 Å². The number of rotatable bonds is 5. The summed E-state index contributed by atoms with van der Waals surface area (Å²) >= 11 is 0. The molecule has 1 aliphatic carbocycles. The highest BCUT2D eigenvalue weighted by molar-refractivity contribution is 5.92. The van der Waals surface area contributed by atoms with Crippen molar-refractivity contribution in [3.63, 3.8) is 0 Å². The van der Waals surface area contributed by atoms with Crippen molar-refractivity contribution in [3.8, 4) is 0 Å². The third-order valence-corrected chi connectivity index (χ3v) is 3.17. The van der Waals surface area contributed by atoms with Crippen molar-refractivity contribution in [3.05, 3.63) is 0 Å². The van der Waals surface area contributed by atoms with Gasteiger partial charge in [-0.2, -0.15) is 0 Å². The molecular formula is C10H16N2O5. The van der Waals surface area contributed by atoms with Gasteiger partial charge >= 0.3 is 5.97 Å². The lowest BCUT2D eigenvalue weighted by Crippen LogP contribution is -2.41. The fraction of sp³-hybridized carbons (Fsp3) is 0.700. The van der Waals surface area contributed by atoms with Gasteiger partial charge in [0.15, 0.2) is 0 Å². The van der Waals surface area contributed by atoms with Crippen molar-refractivity contribution in [1.29, 1.82) is 0 Å². The predicted octanol–water partition coefficient (Wildman–Crippen LogP) is -1.69. The molecule has 96 valence electrons. The second-order valence-electron chi connectivity index (χ2n) is 4.78. The van der Waals surface area contributed by atoms with Gasteiger partial charge in [0.2, 0.25) is 11.8 Å². The van der Waals surface area contributed by atoms with Crippen molar-refractivity contribution in [1.82, 2.24) is 5.32 Å². The van der Waals surface area contributed by atoms with Gasteiger partial charge in [-0.3, -0.25) is 14.4 Å². The molecule has 1 saturated carbocycles.